The Hall–Kier alpha value is -3.35. The molecule has 0 unspecified atom stereocenters. The summed E-state index contributed by atoms with van der Waals surface area (Å²) in [6, 6.07) is 18.2. The Morgan fingerprint density at radius 1 is 1.07 bits per heavy atom. The lowest BCUT2D eigenvalue weighted by molar-refractivity contribution is 0.415. The first kappa shape index (κ1) is 20.4. The van der Waals surface area contributed by atoms with E-state index in [1.165, 1.54) is 5.56 Å². The van der Waals surface area contributed by atoms with Crippen LogP contribution in [-0.4, -0.2) is 41.3 Å². The number of hydrogen-bond donors (Lipinski definition) is 3. The number of H-pyrrole nitrogens is 1. The van der Waals surface area contributed by atoms with E-state index < -0.39 is 0 Å². The highest BCUT2D eigenvalue weighted by atomic mass is 16.5. The lowest BCUT2D eigenvalue weighted by atomic mass is 10.1. The van der Waals surface area contributed by atoms with Crippen molar-refractivity contribution >= 4 is 5.96 Å². The van der Waals surface area contributed by atoms with Crippen molar-refractivity contribution < 1.29 is 4.74 Å². The number of methoxy groups -OCH3 is 1. The van der Waals surface area contributed by atoms with Crippen molar-refractivity contribution in [2.24, 2.45) is 4.99 Å². The average molecular weight is 393 g/mol. The molecule has 0 saturated heterocycles. The molecule has 0 aliphatic rings. The van der Waals surface area contributed by atoms with Gasteiger partial charge in [0.15, 0.2) is 11.8 Å². The molecule has 3 rings (SSSR count). The van der Waals surface area contributed by atoms with Crippen LogP contribution in [0, 0.1) is 0 Å². The van der Waals surface area contributed by atoms with Gasteiger partial charge < -0.3 is 15.4 Å². The van der Waals surface area contributed by atoms with Crippen molar-refractivity contribution in [3.8, 4) is 17.1 Å². The fraction of sp³-hybridized carbons (Fsp3) is 0.318. The van der Waals surface area contributed by atoms with Crippen LogP contribution in [0.1, 0.15) is 24.7 Å². The molecule has 0 spiro atoms. The summed E-state index contributed by atoms with van der Waals surface area (Å²) in [5.74, 6) is 2.96. The highest BCUT2D eigenvalue weighted by Gasteiger charge is 2.06. The zero-order chi connectivity index (χ0) is 20.3. The smallest absolute Gasteiger partial charge is 0.191 e. The van der Waals surface area contributed by atoms with E-state index in [2.05, 4.69) is 62.0 Å². The molecule has 0 aliphatic heterocycles. The van der Waals surface area contributed by atoms with Gasteiger partial charge in [-0.1, -0.05) is 30.3 Å². The van der Waals surface area contributed by atoms with Crippen molar-refractivity contribution in [3.05, 3.63) is 66.0 Å². The molecule has 1 aromatic heterocycles. The van der Waals surface area contributed by atoms with Gasteiger partial charge in [-0.3, -0.25) is 5.10 Å². The van der Waals surface area contributed by atoms with E-state index in [0.717, 1.165) is 49.0 Å². The van der Waals surface area contributed by atoms with Crippen molar-refractivity contribution in [1.82, 2.24) is 25.8 Å². The van der Waals surface area contributed by atoms with Crippen LogP contribution in [0.15, 0.2) is 59.6 Å². The summed E-state index contributed by atoms with van der Waals surface area (Å²) in [6.07, 6.45) is 2.08. The molecule has 0 amide bonds. The standard InChI is InChI=1S/C22H28N6O/c1-3-23-22(24-15-7-10-17-8-5-4-6-9-17)25-16-20-26-21(28-27-20)18-11-13-19(29-2)14-12-18/h4-6,8-9,11-14H,3,7,10,15-16H2,1-2H3,(H2,23,24,25)(H,26,27,28). The molecule has 0 bridgehead atoms. The minimum Gasteiger partial charge on any atom is -0.497 e. The number of ether oxygens (including phenoxy) is 1. The van der Waals surface area contributed by atoms with Gasteiger partial charge in [-0.25, -0.2) is 9.98 Å². The summed E-state index contributed by atoms with van der Waals surface area (Å²) in [7, 11) is 1.65. The predicted molar refractivity (Wildman–Crippen MR) is 116 cm³/mol. The van der Waals surface area contributed by atoms with E-state index in [1.54, 1.807) is 7.11 Å². The molecule has 0 atom stereocenters. The van der Waals surface area contributed by atoms with Gasteiger partial charge in [0, 0.05) is 18.7 Å². The fourth-order valence-electron chi connectivity index (χ4n) is 2.87. The Morgan fingerprint density at radius 2 is 1.86 bits per heavy atom. The molecule has 152 valence electrons. The third kappa shape index (κ3) is 6.34. The van der Waals surface area contributed by atoms with Crippen LogP contribution in [0.25, 0.3) is 11.4 Å². The molecular formula is C22H28N6O. The first-order valence-electron chi connectivity index (χ1n) is 9.90. The van der Waals surface area contributed by atoms with Crippen LogP contribution < -0.4 is 15.4 Å². The van der Waals surface area contributed by atoms with Crippen molar-refractivity contribution in [1.29, 1.82) is 0 Å². The summed E-state index contributed by atoms with van der Waals surface area (Å²) in [5.41, 5.74) is 2.28. The molecule has 29 heavy (non-hydrogen) atoms. The average Bonchev–Trinajstić information content (AvgIpc) is 3.25. The minimum absolute atomic E-state index is 0.428. The van der Waals surface area contributed by atoms with Crippen molar-refractivity contribution in [3.63, 3.8) is 0 Å². The van der Waals surface area contributed by atoms with Gasteiger partial charge in [0.1, 0.15) is 18.1 Å². The Kier molecular flexibility index (Phi) is 7.63. The molecule has 3 N–H and O–H groups in total. The minimum atomic E-state index is 0.428. The molecule has 0 saturated carbocycles. The number of hydrogen-bond acceptors (Lipinski definition) is 4. The summed E-state index contributed by atoms with van der Waals surface area (Å²) in [4.78, 5) is 9.14. The number of nitrogens with zero attached hydrogens (tertiary/aromatic N) is 3. The van der Waals surface area contributed by atoms with Crippen LogP contribution in [0.5, 0.6) is 5.75 Å². The van der Waals surface area contributed by atoms with E-state index >= 15 is 0 Å². The van der Waals surface area contributed by atoms with E-state index in [0.29, 0.717) is 12.4 Å². The maximum atomic E-state index is 5.18. The summed E-state index contributed by atoms with van der Waals surface area (Å²) < 4.78 is 5.18. The number of nitrogens with one attached hydrogen (secondary N) is 3. The highest BCUT2D eigenvalue weighted by molar-refractivity contribution is 5.79. The fourth-order valence-corrected chi connectivity index (χ4v) is 2.87. The zero-order valence-electron chi connectivity index (χ0n) is 17.0. The third-order valence-corrected chi connectivity index (χ3v) is 4.39. The van der Waals surface area contributed by atoms with Crippen LogP contribution in [-0.2, 0) is 13.0 Å². The van der Waals surface area contributed by atoms with Crippen LogP contribution >= 0.6 is 0 Å². The summed E-state index contributed by atoms with van der Waals surface area (Å²) >= 11 is 0. The second-order valence-electron chi connectivity index (χ2n) is 6.55. The number of aliphatic imine (C=N–C) groups is 1. The number of benzene rings is 2. The van der Waals surface area contributed by atoms with Gasteiger partial charge in [-0.2, -0.15) is 5.10 Å². The van der Waals surface area contributed by atoms with Gasteiger partial charge in [-0.15, -0.1) is 0 Å². The number of guanidine groups is 1. The molecule has 3 aromatic rings. The number of aryl methyl sites for hydroxylation is 1. The number of aromatic nitrogens is 3. The Balaban J connectivity index is 1.52. The SMILES string of the molecule is CCNC(=NCc1nc(-c2ccc(OC)cc2)n[nH]1)NCCCc1ccccc1. The molecule has 0 aliphatic carbocycles. The third-order valence-electron chi connectivity index (χ3n) is 4.39. The molecule has 1 heterocycles. The molecule has 7 heteroatoms. The van der Waals surface area contributed by atoms with Gasteiger partial charge in [-0.05, 0) is 49.6 Å². The monoisotopic (exact) mass is 392 g/mol. The normalized spacial score (nSPS) is 11.3. The molecule has 2 aromatic carbocycles. The van der Waals surface area contributed by atoms with Crippen molar-refractivity contribution in [2.75, 3.05) is 20.2 Å². The predicted octanol–water partition coefficient (Wildman–Crippen LogP) is 3.17. The van der Waals surface area contributed by atoms with Gasteiger partial charge in [0.25, 0.3) is 0 Å². The number of rotatable bonds is 9. The van der Waals surface area contributed by atoms with Crippen LogP contribution in [0.3, 0.4) is 0 Å². The van der Waals surface area contributed by atoms with Gasteiger partial charge >= 0.3 is 0 Å². The molecule has 7 nitrogen and oxygen atoms in total. The first-order valence-corrected chi connectivity index (χ1v) is 9.90. The molecular weight excluding hydrogens is 364 g/mol. The van der Waals surface area contributed by atoms with E-state index in [-0.39, 0.29) is 0 Å². The van der Waals surface area contributed by atoms with Crippen LogP contribution in [0.2, 0.25) is 0 Å². The summed E-state index contributed by atoms with van der Waals surface area (Å²) in [5, 5.41) is 13.9. The largest absolute Gasteiger partial charge is 0.497 e. The van der Waals surface area contributed by atoms with E-state index in [4.69, 9.17) is 4.74 Å². The van der Waals surface area contributed by atoms with E-state index in [1.807, 2.05) is 30.3 Å². The Labute approximate surface area is 171 Å². The molecule has 0 fully saturated rings. The Bertz CT molecular complexity index is 889. The lowest BCUT2D eigenvalue weighted by Crippen LogP contribution is -2.37. The maximum absolute atomic E-state index is 5.18. The maximum Gasteiger partial charge on any atom is 0.191 e. The van der Waals surface area contributed by atoms with Gasteiger partial charge in [0.05, 0.1) is 7.11 Å². The van der Waals surface area contributed by atoms with E-state index in [9.17, 15) is 0 Å². The highest BCUT2D eigenvalue weighted by Crippen LogP contribution is 2.19. The topological polar surface area (TPSA) is 87.2 Å². The van der Waals surface area contributed by atoms with Gasteiger partial charge in [0.2, 0.25) is 0 Å². The first-order chi connectivity index (χ1) is 14.3. The molecule has 0 radical (unpaired) electrons. The quantitative estimate of drug-likeness (QED) is 0.296. The second-order valence-corrected chi connectivity index (χ2v) is 6.55. The second kappa shape index (κ2) is 10.8. The lowest BCUT2D eigenvalue weighted by Gasteiger charge is -2.10. The summed E-state index contributed by atoms with van der Waals surface area (Å²) in [6.45, 7) is 4.14. The zero-order valence-corrected chi connectivity index (χ0v) is 17.0. The van der Waals surface area contributed by atoms with Crippen LogP contribution in [0.4, 0.5) is 0 Å². The number of aromatic amines is 1. The van der Waals surface area contributed by atoms with Crippen molar-refractivity contribution in [2.45, 2.75) is 26.3 Å². The Morgan fingerprint density at radius 3 is 2.59 bits per heavy atom.